The topological polar surface area (TPSA) is 47.6 Å². The Hall–Kier alpha value is -1.98. The van der Waals surface area contributed by atoms with Crippen molar-refractivity contribution in [3.63, 3.8) is 0 Å². The van der Waals surface area contributed by atoms with Crippen molar-refractivity contribution in [1.29, 1.82) is 0 Å². The highest BCUT2D eigenvalue weighted by Crippen LogP contribution is 2.49. The third-order valence-electron chi connectivity index (χ3n) is 3.88. The van der Waals surface area contributed by atoms with Crippen LogP contribution in [0.4, 0.5) is 5.69 Å². The Kier molecular flexibility index (Phi) is 6.12. The van der Waals surface area contributed by atoms with Crippen LogP contribution in [-0.4, -0.2) is 0 Å². The van der Waals surface area contributed by atoms with Crippen molar-refractivity contribution in [2.75, 3.05) is 5.09 Å². The van der Waals surface area contributed by atoms with E-state index in [0.29, 0.717) is 17.2 Å². The van der Waals surface area contributed by atoms with Gasteiger partial charge in [-0.3, -0.25) is 5.09 Å². The molecule has 0 unspecified atom stereocenters. The Labute approximate surface area is 173 Å². The van der Waals surface area contributed by atoms with E-state index in [9.17, 15) is 4.57 Å². The molecule has 0 aliphatic heterocycles. The van der Waals surface area contributed by atoms with Gasteiger partial charge in [-0.15, -0.1) is 0 Å². The smallest absolute Gasteiger partial charge is 0.400 e. The minimum absolute atomic E-state index is 0.488. The Morgan fingerprint density at radius 1 is 0.815 bits per heavy atom. The second-order valence-corrected chi connectivity index (χ2v) is 9.21. The molecule has 3 aromatic rings. The number of nitrogens with one attached hydrogen (secondary N) is 1. The largest absolute Gasteiger partial charge is 0.541 e. The summed E-state index contributed by atoms with van der Waals surface area (Å²) in [5.74, 6) is 0.975. The maximum absolute atomic E-state index is 13.6. The molecule has 4 nitrogen and oxygen atoms in total. The van der Waals surface area contributed by atoms with Crippen LogP contribution in [0.1, 0.15) is 16.7 Å². The molecule has 3 aromatic carbocycles. The van der Waals surface area contributed by atoms with Gasteiger partial charge in [0.15, 0.2) is 0 Å². The van der Waals surface area contributed by atoms with Crippen LogP contribution in [-0.2, 0) is 4.57 Å². The second kappa shape index (κ2) is 8.36. The third-order valence-corrected chi connectivity index (χ3v) is 5.96. The highest BCUT2D eigenvalue weighted by atomic mass is 127. The molecule has 0 aliphatic carbocycles. The molecular formula is C21H21INO3P. The molecule has 0 radical (unpaired) electrons. The lowest BCUT2D eigenvalue weighted by atomic mass is 10.2. The van der Waals surface area contributed by atoms with E-state index >= 15 is 0 Å². The van der Waals surface area contributed by atoms with E-state index in [1.165, 1.54) is 0 Å². The molecule has 140 valence electrons. The molecule has 1 N–H and O–H groups in total. The summed E-state index contributed by atoms with van der Waals surface area (Å²) in [4.78, 5) is 0. The lowest BCUT2D eigenvalue weighted by Gasteiger charge is -2.22. The molecule has 0 atom stereocenters. The van der Waals surface area contributed by atoms with Gasteiger partial charge < -0.3 is 9.05 Å². The summed E-state index contributed by atoms with van der Waals surface area (Å²) in [6.45, 7) is 5.86. The number of aryl methyl sites for hydroxylation is 3. The Morgan fingerprint density at radius 3 is 1.85 bits per heavy atom. The van der Waals surface area contributed by atoms with Gasteiger partial charge in [-0.1, -0.05) is 24.3 Å². The molecule has 0 saturated heterocycles. The average molecular weight is 493 g/mol. The maximum atomic E-state index is 13.6. The zero-order valence-electron chi connectivity index (χ0n) is 15.4. The fourth-order valence-corrected chi connectivity index (χ4v) is 4.69. The van der Waals surface area contributed by atoms with E-state index in [2.05, 4.69) is 27.7 Å². The predicted octanol–water partition coefficient (Wildman–Crippen LogP) is 6.89. The van der Waals surface area contributed by atoms with Crippen LogP contribution in [0.2, 0.25) is 0 Å². The van der Waals surface area contributed by atoms with Gasteiger partial charge in [-0.2, -0.15) is 0 Å². The van der Waals surface area contributed by atoms with Gasteiger partial charge in [-0.05, 0) is 103 Å². The lowest BCUT2D eigenvalue weighted by molar-refractivity contribution is 0.392. The van der Waals surface area contributed by atoms with Gasteiger partial charge in [-0.25, -0.2) is 4.57 Å². The van der Waals surface area contributed by atoms with Crippen molar-refractivity contribution in [3.05, 3.63) is 87.0 Å². The molecule has 0 fully saturated rings. The van der Waals surface area contributed by atoms with Crippen LogP contribution in [0, 0.1) is 24.3 Å². The number of anilines is 1. The number of benzene rings is 3. The minimum atomic E-state index is -3.72. The van der Waals surface area contributed by atoms with Gasteiger partial charge in [0, 0.05) is 9.26 Å². The number of hydrogen-bond donors (Lipinski definition) is 1. The van der Waals surface area contributed by atoms with Crippen LogP contribution in [0.25, 0.3) is 0 Å². The summed E-state index contributed by atoms with van der Waals surface area (Å²) < 4.78 is 26.4. The van der Waals surface area contributed by atoms with E-state index < -0.39 is 7.75 Å². The average Bonchev–Trinajstić information content (AvgIpc) is 2.57. The monoisotopic (exact) mass is 493 g/mol. The van der Waals surface area contributed by atoms with Crippen molar-refractivity contribution in [1.82, 2.24) is 0 Å². The first-order valence-corrected chi connectivity index (χ1v) is 11.1. The fourth-order valence-electron chi connectivity index (χ4n) is 2.59. The maximum Gasteiger partial charge on any atom is 0.541 e. The first kappa shape index (κ1) is 19.8. The van der Waals surface area contributed by atoms with Gasteiger partial charge in [0.2, 0.25) is 0 Å². The third kappa shape index (κ3) is 5.50. The van der Waals surface area contributed by atoms with Crippen molar-refractivity contribution in [2.24, 2.45) is 0 Å². The van der Waals surface area contributed by atoms with Crippen molar-refractivity contribution in [3.8, 4) is 11.5 Å². The normalized spacial score (nSPS) is 11.1. The highest BCUT2D eigenvalue weighted by Gasteiger charge is 2.30. The SMILES string of the molecule is Cc1cccc(OP(=O)(Nc2ccc(I)cc2C)Oc2cccc(C)c2)c1. The summed E-state index contributed by atoms with van der Waals surface area (Å²) in [6, 6.07) is 20.6. The molecule has 0 aliphatic rings. The summed E-state index contributed by atoms with van der Waals surface area (Å²) in [6.07, 6.45) is 0. The van der Waals surface area contributed by atoms with Gasteiger partial charge in [0.25, 0.3) is 0 Å². The lowest BCUT2D eigenvalue weighted by Crippen LogP contribution is -2.11. The van der Waals surface area contributed by atoms with Crippen LogP contribution >= 0.6 is 30.3 Å². The fraction of sp³-hybridized carbons (Fsp3) is 0.143. The van der Waals surface area contributed by atoms with Gasteiger partial charge in [0.05, 0.1) is 0 Å². The summed E-state index contributed by atoms with van der Waals surface area (Å²) in [7, 11) is -3.72. The molecule has 27 heavy (non-hydrogen) atoms. The molecular weight excluding hydrogens is 472 g/mol. The highest BCUT2D eigenvalue weighted by molar-refractivity contribution is 14.1. The molecule has 0 spiro atoms. The molecule has 0 amide bonds. The van der Waals surface area contributed by atoms with Crippen molar-refractivity contribution < 1.29 is 13.6 Å². The van der Waals surface area contributed by atoms with Crippen LogP contribution in [0.3, 0.4) is 0 Å². The van der Waals surface area contributed by atoms with E-state index in [-0.39, 0.29) is 0 Å². The molecule has 0 saturated carbocycles. The van der Waals surface area contributed by atoms with E-state index in [1.807, 2.05) is 75.4 Å². The van der Waals surface area contributed by atoms with Crippen molar-refractivity contribution >= 4 is 36.0 Å². The zero-order chi connectivity index (χ0) is 19.4. The number of hydrogen-bond acceptors (Lipinski definition) is 3. The number of rotatable bonds is 6. The van der Waals surface area contributed by atoms with E-state index in [1.54, 1.807) is 12.1 Å². The zero-order valence-corrected chi connectivity index (χ0v) is 18.5. The first-order valence-electron chi connectivity index (χ1n) is 8.50. The second-order valence-electron chi connectivity index (χ2n) is 6.38. The predicted molar refractivity (Wildman–Crippen MR) is 119 cm³/mol. The summed E-state index contributed by atoms with van der Waals surface area (Å²) >= 11 is 2.24. The van der Waals surface area contributed by atoms with Crippen LogP contribution in [0.15, 0.2) is 66.7 Å². The Morgan fingerprint density at radius 2 is 1.37 bits per heavy atom. The van der Waals surface area contributed by atoms with Gasteiger partial charge in [0.1, 0.15) is 11.5 Å². The minimum Gasteiger partial charge on any atom is -0.400 e. The van der Waals surface area contributed by atoms with Gasteiger partial charge >= 0.3 is 7.75 Å². The molecule has 0 aromatic heterocycles. The van der Waals surface area contributed by atoms with E-state index in [4.69, 9.17) is 9.05 Å². The van der Waals surface area contributed by atoms with Crippen LogP contribution < -0.4 is 14.1 Å². The van der Waals surface area contributed by atoms with E-state index in [0.717, 1.165) is 20.3 Å². The quantitative estimate of drug-likeness (QED) is 0.300. The first-order chi connectivity index (χ1) is 12.8. The Balaban J connectivity index is 1.95. The summed E-state index contributed by atoms with van der Waals surface area (Å²) in [5.41, 5.74) is 3.70. The molecule has 6 heteroatoms. The summed E-state index contributed by atoms with van der Waals surface area (Å²) in [5, 5.41) is 2.99. The Bertz CT molecular complexity index is 955. The number of halogens is 1. The standard InChI is InChI=1S/C21H21INO3P/c1-15-6-4-8-19(12-15)25-27(24,26-20-9-5-7-16(2)13-20)23-21-11-10-18(22)14-17(21)3/h4-14H,1-3H3,(H,23,24). The van der Waals surface area contributed by atoms with Crippen LogP contribution in [0.5, 0.6) is 11.5 Å². The molecule has 0 bridgehead atoms. The van der Waals surface area contributed by atoms with Crippen molar-refractivity contribution in [2.45, 2.75) is 20.8 Å². The molecule has 3 rings (SSSR count). The molecule has 0 heterocycles.